The Labute approximate surface area is 371 Å². The van der Waals surface area contributed by atoms with Crippen LogP contribution in [0.1, 0.15) is 68.1 Å². The summed E-state index contributed by atoms with van der Waals surface area (Å²) in [5, 5.41) is 7.20. The van der Waals surface area contributed by atoms with Crippen LogP contribution in [-0.2, 0) is 35.0 Å². The highest BCUT2D eigenvalue weighted by molar-refractivity contribution is 6.06. The first kappa shape index (κ1) is 42.4. The van der Waals surface area contributed by atoms with Gasteiger partial charge < -0.3 is 34.3 Å². The number of amides is 3. The van der Waals surface area contributed by atoms with Gasteiger partial charge in [-0.15, -0.1) is 0 Å². The summed E-state index contributed by atoms with van der Waals surface area (Å²) in [6, 6.07) is 31.6. The van der Waals surface area contributed by atoms with Crippen LogP contribution in [0.2, 0.25) is 0 Å². The average molecular weight is 861 g/mol. The third kappa shape index (κ3) is 8.23. The minimum absolute atomic E-state index is 0.0273. The van der Waals surface area contributed by atoms with Gasteiger partial charge >= 0.3 is 12.1 Å². The number of nitrogens with zero attached hydrogens (tertiary/aromatic N) is 4. The van der Waals surface area contributed by atoms with Gasteiger partial charge in [-0.25, -0.2) is 9.78 Å². The van der Waals surface area contributed by atoms with E-state index in [-0.39, 0.29) is 30.3 Å². The van der Waals surface area contributed by atoms with Gasteiger partial charge in [-0.3, -0.25) is 19.4 Å². The molecule has 328 valence electrons. The molecule has 0 spiro atoms. The van der Waals surface area contributed by atoms with E-state index in [1.807, 2.05) is 48.4 Å². The maximum Gasteiger partial charge on any atom is 0.407 e. The smallest absolute Gasteiger partial charge is 0.407 e. The number of ether oxygens (including phenoxy) is 3. The lowest BCUT2D eigenvalue weighted by Gasteiger charge is -2.31. The van der Waals surface area contributed by atoms with Crippen LogP contribution in [-0.4, -0.2) is 95.9 Å². The monoisotopic (exact) mass is 860 g/mol. The third-order valence-electron chi connectivity index (χ3n) is 13.3. The predicted octanol–water partition coefficient (Wildman–Crippen LogP) is 8.64. The van der Waals surface area contributed by atoms with Gasteiger partial charge in [0.05, 0.1) is 62.3 Å². The Morgan fingerprint density at radius 3 is 2.14 bits per heavy atom. The van der Waals surface area contributed by atoms with Gasteiger partial charge in [-0.05, 0) is 101 Å². The van der Waals surface area contributed by atoms with Gasteiger partial charge in [-0.2, -0.15) is 0 Å². The van der Waals surface area contributed by atoms with Crippen LogP contribution in [0, 0.1) is 5.92 Å². The molecule has 5 aromatic carbocycles. The van der Waals surface area contributed by atoms with Gasteiger partial charge in [-0.1, -0.05) is 72.8 Å². The minimum Gasteiger partial charge on any atom is -0.469 e. The lowest BCUT2D eigenvalue weighted by atomic mass is 9.93. The number of nitrogens with one attached hydrogen (secondary N) is 2. The molecular weight excluding hydrogens is 809 g/mol. The zero-order valence-electron chi connectivity index (χ0n) is 36.5. The second kappa shape index (κ2) is 18.1. The lowest BCUT2D eigenvalue weighted by Crippen LogP contribution is -2.47. The van der Waals surface area contributed by atoms with E-state index >= 15 is 0 Å². The Hall–Kier alpha value is -6.86. The summed E-state index contributed by atoms with van der Waals surface area (Å²) in [7, 11) is 4.18. The highest BCUT2D eigenvalue weighted by Crippen LogP contribution is 2.39. The topological polar surface area (TPSA) is 156 Å². The Balaban J connectivity index is 0.898. The van der Waals surface area contributed by atoms with E-state index < -0.39 is 30.1 Å². The molecule has 0 saturated carbocycles. The number of aliphatic imine (C=N–C) groups is 1. The van der Waals surface area contributed by atoms with Crippen LogP contribution < -0.4 is 5.32 Å². The maximum atomic E-state index is 14.0. The number of carbonyl (C=O) groups is 4. The standard InChI is InChI=1S/C51H52N6O7/c1-30(62-2)39(28-46(58)63-3)49(59)56-22-8-12-44(56)42-27-40-38-20-18-35(25-36(38)19-21-41(40)53-42)32-14-15-34-26-37(17-16-33(34)24-32)43-29-52-48(54-43)45-13-9-23-57(45)50(60)47(55-51(61)64-4)31-10-6-5-7-11-31/h5-7,10-11,14-21,24-26,29-30,39,44-45,47H,8-9,12-13,22-23,27-28H2,1-4H3,(H,52,54)(H,55,61)/t30-,39+,44+,45+,47-/m1/s1. The van der Waals surface area contributed by atoms with E-state index in [0.717, 1.165) is 81.0 Å². The van der Waals surface area contributed by atoms with Crippen molar-refractivity contribution in [2.75, 3.05) is 34.4 Å². The first-order valence-corrected chi connectivity index (χ1v) is 22.0. The largest absolute Gasteiger partial charge is 0.469 e. The van der Waals surface area contributed by atoms with Gasteiger partial charge in [0.1, 0.15) is 11.9 Å². The molecule has 5 atom stereocenters. The van der Waals surface area contributed by atoms with E-state index in [4.69, 9.17) is 24.2 Å². The van der Waals surface area contributed by atoms with E-state index in [1.54, 1.807) is 12.0 Å². The van der Waals surface area contributed by atoms with Crippen LogP contribution in [0.4, 0.5) is 10.5 Å². The highest BCUT2D eigenvalue weighted by Gasteiger charge is 2.41. The average Bonchev–Trinajstić information content (AvgIpc) is 4.18. The van der Waals surface area contributed by atoms with Crippen molar-refractivity contribution in [3.8, 4) is 22.4 Å². The normalized spacial score (nSPS) is 18.4. The van der Waals surface area contributed by atoms with E-state index in [2.05, 4.69) is 77.0 Å². The van der Waals surface area contributed by atoms with Crippen molar-refractivity contribution in [2.24, 2.45) is 10.9 Å². The summed E-state index contributed by atoms with van der Waals surface area (Å²) in [6.45, 7) is 2.99. The fourth-order valence-corrected chi connectivity index (χ4v) is 9.73. The number of carbonyl (C=O) groups excluding carboxylic acids is 4. The number of likely N-dealkylation sites (tertiary alicyclic amines) is 2. The number of rotatable bonds is 12. The van der Waals surface area contributed by atoms with Crippen molar-refractivity contribution in [1.82, 2.24) is 25.1 Å². The zero-order valence-corrected chi connectivity index (χ0v) is 36.5. The molecule has 4 heterocycles. The number of esters is 1. The van der Waals surface area contributed by atoms with E-state index in [1.165, 1.54) is 19.8 Å². The molecule has 1 aromatic heterocycles. The molecular formula is C51H52N6O7. The Morgan fingerprint density at radius 2 is 1.42 bits per heavy atom. The first-order valence-electron chi connectivity index (χ1n) is 22.0. The van der Waals surface area contributed by atoms with Gasteiger partial charge in [0, 0.05) is 37.9 Å². The molecule has 3 aliphatic heterocycles. The van der Waals surface area contributed by atoms with Crippen LogP contribution in [0.25, 0.3) is 43.9 Å². The summed E-state index contributed by atoms with van der Waals surface area (Å²) in [5.74, 6) is -0.650. The molecule has 9 rings (SSSR count). The Morgan fingerprint density at radius 1 is 0.766 bits per heavy atom. The van der Waals surface area contributed by atoms with Crippen molar-refractivity contribution in [3.63, 3.8) is 0 Å². The van der Waals surface area contributed by atoms with Crippen molar-refractivity contribution in [2.45, 2.75) is 69.7 Å². The number of aromatic amines is 1. The Kier molecular flexibility index (Phi) is 12.0. The first-order chi connectivity index (χ1) is 31.1. The van der Waals surface area contributed by atoms with Gasteiger partial charge in [0.15, 0.2) is 0 Å². The van der Waals surface area contributed by atoms with Crippen LogP contribution >= 0.6 is 0 Å². The molecule has 2 fully saturated rings. The molecule has 0 aliphatic carbocycles. The van der Waals surface area contributed by atoms with Crippen molar-refractivity contribution in [1.29, 1.82) is 0 Å². The van der Waals surface area contributed by atoms with Crippen LogP contribution in [0.5, 0.6) is 0 Å². The summed E-state index contributed by atoms with van der Waals surface area (Å²) in [4.78, 5) is 69.4. The Bertz CT molecular complexity index is 2780. The van der Waals surface area contributed by atoms with E-state index in [0.29, 0.717) is 30.9 Å². The molecule has 64 heavy (non-hydrogen) atoms. The molecule has 0 radical (unpaired) electrons. The number of hydrogen-bond acceptors (Lipinski definition) is 9. The highest BCUT2D eigenvalue weighted by atomic mass is 16.5. The summed E-state index contributed by atoms with van der Waals surface area (Å²) in [5.41, 5.74) is 7.84. The van der Waals surface area contributed by atoms with Crippen molar-refractivity contribution >= 4 is 56.8 Å². The number of benzene rings is 5. The molecule has 0 unspecified atom stereocenters. The molecule has 13 nitrogen and oxygen atoms in total. The molecule has 2 N–H and O–H groups in total. The zero-order chi connectivity index (χ0) is 44.5. The molecule has 6 aromatic rings. The van der Waals surface area contributed by atoms with Gasteiger partial charge in [0.25, 0.3) is 5.91 Å². The second-order valence-electron chi connectivity index (χ2n) is 16.9. The third-order valence-corrected chi connectivity index (χ3v) is 13.3. The molecule has 3 aliphatic rings. The molecule has 2 saturated heterocycles. The van der Waals surface area contributed by atoms with Crippen LogP contribution in [0.15, 0.2) is 108 Å². The van der Waals surface area contributed by atoms with Crippen molar-refractivity contribution in [3.05, 3.63) is 120 Å². The number of methoxy groups -OCH3 is 3. The summed E-state index contributed by atoms with van der Waals surface area (Å²) in [6.07, 6.45) is 4.63. The number of fused-ring (bicyclic) bond motifs is 4. The second-order valence-corrected chi connectivity index (χ2v) is 16.9. The van der Waals surface area contributed by atoms with E-state index in [9.17, 15) is 19.2 Å². The van der Waals surface area contributed by atoms with Crippen LogP contribution in [0.3, 0.4) is 0 Å². The lowest BCUT2D eigenvalue weighted by molar-refractivity contribution is -0.150. The number of imidazole rings is 1. The SMILES string of the molecule is COC(=O)C[C@H](C(=O)N1CCC[C@H]1C1=Nc2ccc3cc(-c4ccc5cc(-c6cnc([C@@H]7CCCN7C(=O)[C@H](NC(=O)OC)c7ccccc7)[nH]6)ccc5c4)ccc3c2C1)[C@@H](C)OC. The predicted molar refractivity (Wildman–Crippen MR) is 245 cm³/mol. The maximum absolute atomic E-state index is 14.0. The van der Waals surface area contributed by atoms with Crippen molar-refractivity contribution < 1.29 is 33.4 Å². The molecule has 13 heteroatoms. The fourth-order valence-electron chi connectivity index (χ4n) is 9.73. The molecule has 0 bridgehead atoms. The number of H-pyrrole nitrogens is 1. The van der Waals surface area contributed by atoms with Gasteiger partial charge in [0.2, 0.25) is 5.91 Å². The quantitative estimate of drug-likeness (QED) is 0.116. The summed E-state index contributed by atoms with van der Waals surface area (Å²) >= 11 is 0. The fraction of sp³-hybridized carbons (Fsp3) is 0.333. The summed E-state index contributed by atoms with van der Waals surface area (Å²) < 4.78 is 15.3. The number of alkyl carbamates (subject to hydrolysis) is 1. The number of hydrogen-bond donors (Lipinski definition) is 2. The minimum atomic E-state index is -0.882. The molecule has 3 amide bonds. The number of aromatic nitrogens is 2.